The second-order valence-electron chi connectivity index (χ2n) is 3.38. The SMILES string of the molecule is C=CCCCC(N)c1ccc(F)cc1.Cl. The quantitative estimate of drug-likeness (QED) is 0.606. The van der Waals surface area contributed by atoms with Crippen molar-refractivity contribution in [2.45, 2.75) is 25.3 Å². The van der Waals surface area contributed by atoms with Crippen LogP contribution in [0.25, 0.3) is 0 Å². The van der Waals surface area contributed by atoms with Crippen LogP contribution in [0.5, 0.6) is 0 Å². The van der Waals surface area contributed by atoms with Gasteiger partial charge in [-0.05, 0) is 37.0 Å². The van der Waals surface area contributed by atoms with Crippen molar-refractivity contribution in [1.29, 1.82) is 0 Å². The standard InChI is InChI=1S/C12H16FN.ClH/c1-2-3-4-5-12(14)10-6-8-11(13)9-7-10;/h2,6-9,12H,1,3-5,14H2;1H. The van der Waals surface area contributed by atoms with Gasteiger partial charge >= 0.3 is 0 Å². The van der Waals surface area contributed by atoms with Crippen LogP contribution in [0.3, 0.4) is 0 Å². The van der Waals surface area contributed by atoms with Crippen molar-refractivity contribution in [1.82, 2.24) is 0 Å². The highest BCUT2D eigenvalue weighted by atomic mass is 35.5. The highest BCUT2D eigenvalue weighted by Gasteiger charge is 2.04. The van der Waals surface area contributed by atoms with E-state index in [9.17, 15) is 4.39 Å². The largest absolute Gasteiger partial charge is 0.324 e. The van der Waals surface area contributed by atoms with Gasteiger partial charge in [-0.1, -0.05) is 18.2 Å². The van der Waals surface area contributed by atoms with Gasteiger partial charge in [-0.2, -0.15) is 0 Å². The Morgan fingerprint density at radius 2 is 1.93 bits per heavy atom. The van der Waals surface area contributed by atoms with Crippen molar-refractivity contribution in [2.24, 2.45) is 5.73 Å². The Kier molecular flexibility index (Phi) is 7.01. The van der Waals surface area contributed by atoms with E-state index in [1.807, 2.05) is 6.08 Å². The van der Waals surface area contributed by atoms with Crippen LogP contribution in [0.15, 0.2) is 36.9 Å². The minimum atomic E-state index is -0.216. The number of allylic oxidation sites excluding steroid dienone is 1. The van der Waals surface area contributed by atoms with Gasteiger partial charge in [0.15, 0.2) is 0 Å². The van der Waals surface area contributed by atoms with E-state index in [-0.39, 0.29) is 24.3 Å². The second-order valence-corrected chi connectivity index (χ2v) is 3.38. The van der Waals surface area contributed by atoms with Crippen molar-refractivity contribution < 1.29 is 4.39 Å². The van der Waals surface area contributed by atoms with Gasteiger partial charge in [0, 0.05) is 6.04 Å². The van der Waals surface area contributed by atoms with Gasteiger partial charge in [-0.15, -0.1) is 19.0 Å². The predicted molar refractivity (Wildman–Crippen MR) is 64.6 cm³/mol. The topological polar surface area (TPSA) is 26.0 Å². The molecule has 1 unspecified atom stereocenters. The van der Waals surface area contributed by atoms with Gasteiger partial charge < -0.3 is 5.73 Å². The van der Waals surface area contributed by atoms with Crippen LogP contribution in [0.2, 0.25) is 0 Å². The summed E-state index contributed by atoms with van der Waals surface area (Å²) < 4.78 is 12.6. The fourth-order valence-corrected chi connectivity index (χ4v) is 1.36. The first-order valence-corrected chi connectivity index (χ1v) is 4.86. The normalized spacial score (nSPS) is 11.6. The molecule has 0 aromatic heterocycles. The molecular formula is C12H17ClFN. The highest BCUT2D eigenvalue weighted by molar-refractivity contribution is 5.85. The third-order valence-corrected chi connectivity index (χ3v) is 2.22. The number of hydrogen-bond acceptors (Lipinski definition) is 1. The first-order valence-electron chi connectivity index (χ1n) is 4.86. The molecule has 1 rings (SSSR count). The Morgan fingerprint density at radius 3 is 2.47 bits per heavy atom. The molecule has 1 atom stereocenters. The maximum absolute atomic E-state index is 12.6. The third kappa shape index (κ3) is 4.96. The maximum atomic E-state index is 12.6. The average Bonchev–Trinajstić information content (AvgIpc) is 2.19. The van der Waals surface area contributed by atoms with Crippen LogP contribution < -0.4 is 5.73 Å². The van der Waals surface area contributed by atoms with Gasteiger partial charge in [0.1, 0.15) is 5.82 Å². The minimum Gasteiger partial charge on any atom is -0.324 e. The molecule has 3 heteroatoms. The van der Waals surface area contributed by atoms with Crippen molar-refractivity contribution in [2.75, 3.05) is 0 Å². The van der Waals surface area contributed by atoms with Crippen molar-refractivity contribution in [3.05, 3.63) is 48.3 Å². The Bertz CT molecular complexity index is 284. The zero-order valence-corrected chi connectivity index (χ0v) is 9.47. The summed E-state index contributed by atoms with van der Waals surface area (Å²) in [5.74, 6) is -0.216. The summed E-state index contributed by atoms with van der Waals surface area (Å²) in [6.45, 7) is 3.65. The molecule has 0 spiro atoms. The number of benzene rings is 1. The number of unbranched alkanes of at least 4 members (excludes halogenated alkanes) is 1. The summed E-state index contributed by atoms with van der Waals surface area (Å²) in [4.78, 5) is 0. The van der Waals surface area contributed by atoms with Gasteiger partial charge in [-0.25, -0.2) is 4.39 Å². The van der Waals surface area contributed by atoms with E-state index in [2.05, 4.69) is 6.58 Å². The lowest BCUT2D eigenvalue weighted by Crippen LogP contribution is -2.09. The molecule has 15 heavy (non-hydrogen) atoms. The van der Waals surface area contributed by atoms with Crippen LogP contribution in [-0.2, 0) is 0 Å². The van der Waals surface area contributed by atoms with E-state index in [0.29, 0.717) is 0 Å². The zero-order valence-electron chi connectivity index (χ0n) is 8.66. The van der Waals surface area contributed by atoms with Crippen LogP contribution in [-0.4, -0.2) is 0 Å². The molecule has 0 radical (unpaired) electrons. The van der Waals surface area contributed by atoms with E-state index in [4.69, 9.17) is 5.73 Å². The van der Waals surface area contributed by atoms with E-state index in [1.165, 1.54) is 12.1 Å². The van der Waals surface area contributed by atoms with Gasteiger partial charge in [0.2, 0.25) is 0 Å². The summed E-state index contributed by atoms with van der Waals surface area (Å²) in [6, 6.07) is 6.39. The molecule has 2 N–H and O–H groups in total. The molecule has 0 saturated carbocycles. The van der Waals surface area contributed by atoms with Gasteiger partial charge in [-0.3, -0.25) is 0 Å². The number of hydrogen-bond donors (Lipinski definition) is 1. The minimum absolute atomic E-state index is 0. The molecule has 84 valence electrons. The fourth-order valence-electron chi connectivity index (χ4n) is 1.36. The number of nitrogens with two attached hydrogens (primary N) is 1. The zero-order chi connectivity index (χ0) is 10.4. The van der Waals surface area contributed by atoms with Crippen molar-refractivity contribution >= 4 is 12.4 Å². The Morgan fingerprint density at radius 1 is 1.33 bits per heavy atom. The first kappa shape index (κ1) is 14.1. The molecular weight excluding hydrogens is 213 g/mol. The van der Waals surface area contributed by atoms with Crippen molar-refractivity contribution in [3.8, 4) is 0 Å². The maximum Gasteiger partial charge on any atom is 0.123 e. The molecule has 0 saturated heterocycles. The molecule has 0 aliphatic rings. The van der Waals surface area contributed by atoms with Crippen LogP contribution >= 0.6 is 12.4 Å². The van der Waals surface area contributed by atoms with Gasteiger partial charge in [0.05, 0.1) is 0 Å². The number of halogens is 2. The van der Waals surface area contributed by atoms with E-state index >= 15 is 0 Å². The highest BCUT2D eigenvalue weighted by Crippen LogP contribution is 2.16. The van der Waals surface area contributed by atoms with Gasteiger partial charge in [0.25, 0.3) is 0 Å². The molecule has 1 aromatic rings. The Labute approximate surface area is 96.6 Å². The molecule has 0 fully saturated rings. The Balaban J connectivity index is 0.00000196. The third-order valence-electron chi connectivity index (χ3n) is 2.22. The molecule has 0 aliphatic carbocycles. The van der Waals surface area contributed by atoms with Crippen LogP contribution in [0.4, 0.5) is 4.39 Å². The molecule has 0 bridgehead atoms. The number of rotatable bonds is 5. The lowest BCUT2D eigenvalue weighted by molar-refractivity contribution is 0.606. The molecule has 0 aliphatic heterocycles. The molecule has 0 amide bonds. The average molecular weight is 230 g/mol. The van der Waals surface area contributed by atoms with Crippen LogP contribution in [0.1, 0.15) is 30.9 Å². The lowest BCUT2D eigenvalue weighted by Gasteiger charge is -2.10. The first-order chi connectivity index (χ1) is 6.74. The monoisotopic (exact) mass is 229 g/mol. The van der Waals surface area contributed by atoms with E-state index in [1.54, 1.807) is 12.1 Å². The Hall–Kier alpha value is -0.860. The second kappa shape index (κ2) is 7.43. The van der Waals surface area contributed by atoms with Crippen LogP contribution in [0, 0.1) is 5.82 Å². The summed E-state index contributed by atoms with van der Waals surface area (Å²) in [5, 5.41) is 0. The lowest BCUT2D eigenvalue weighted by atomic mass is 10.0. The fraction of sp³-hybridized carbons (Fsp3) is 0.333. The summed E-state index contributed by atoms with van der Waals surface area (Å²) in [6.07, 6.45) is 4.81. The molecule has 1 nitrogen and oxygen atoms in total. The van der Waals surface area contributed by atoms with Crippen molar-refractivity contribution in [3.63, 3.8) is 0 Å². The van der Waals surface area contributed by atoms with E-state index < -0.39 is 0 Å². The predicted octanol–water partition coefficient (Wildman–Crippen LogP) is 3.60. The summed E-state index contributed by atoms with van der Waals surface area (Å²) in [7, 11) is 0. The summed E-state index contributed by atoms with van der Waals surface area (Å²) in [5.41, 5.74) is 6.92. The summed E-state index contributed by atoms with van der Waals surface area (Å²) >= 11 is 0. The molecule has 0 heterocycles. The molecule has 1 aromatic carbocycles. The smallest absolute Gasteiger partial charge is 0.123 e. The van der Waals surface area contributed by atoms with E-state index in [0.717, 1.165) is 24.8 Å².